The van der Waals surface area contributed by atoms with Gasteiger partial charge >= 0.3 is 5.97 Å². The molecule has 0 atom stereocenters. The number of rotatable bonds is 6. The van der Waals surface area contributed by atoms with Crippen molar-refractivity contribution in [3.05, 3.63) is 60.2 Å². The molecule has 0 aromatic heterocycles. The summed E-state index contributed by atoms with van der Waals surface area (Å²) in [5.74, 6) is -0.403. The summed E-state index contributed by atoms with van der Waals surface area (Å²) in [5.41, 5.74) is 1.97. The fourth-order valence-electron chi connectivity index (χ4n) is 2.19. The molecule has 0 saturated carbocycles. The Balaban J connectivity index is 1.93. The zero-order chi connectivity index (χ0) is 16.7. The van der Waals surface area contributed by atoms with Crippen LogP contribution in [-0.2, 0) is 9.53 Å². The number of nitrogens with one attached hydrogen (secondary N) is 1. The summed E-state index contributed by atoms with van der Waals surface area (Å²) < 4.78 is 4.75. The maximum absolute atomic E-state index is 12.2. The van der Waals surface area contributed by atoms with Crippen molar-refractivity contribution in [1.29, 1.82) is 0 Å². The van der Waals surface area contributed by atoms with Gasteiger partial charge in [-0.05, 0) is 24.3 Å². The molecule has 2 aromatic rings. The molecule has 0 radical (unpaired) electrons. The Kier molecular flexibility index (Phi) is 5.74. The molecule has 1 N–H and O–H groups in total. The van der Waals surface area contributed by atoms with Crippen LogP contribution in [0.1, 0.15) is 16.8 Å². The highest BCUT2D eigenvalue weighted by Crippen LogP contribution is 2.16. The third kappa shape index (κ3) is 4.32. The van der Waals surface area contributed by atoms with Gasteiger partial charge in [0.05, 0.1) is 12.7 Å². The average Bonchev–Trinajstić information content (AvgIpc) is 2.61. The van der Waals surface area contributed by atoms with Crippen LogP contribution in [0.2, 0.25) is 0 Å². The van der Waals surface area contributed by atoms with Crippen molar-refractivity contribution >= 4 is 23.3 Å². The first kappa shape index (κ1) is 16.5. The molecule has 0 saturated heterocycles. The Morgan fingerprint density at radius 3 is 2.39 bits per heavy atom. The molecule has 2 rings (SSSR count). The zero-order valence-electron chi connectivity index (χ0n) is 13.3. The van der Waals surface area contributed by atoms with E-state index in [4.69, 9.17) is 4.74 Å². The van der Waals surface area contributed by atoms with Gasteiger partial charge in [-0.2, -0.15) is 0 Å². The van der Waals surface area contributed by atoms with Crippen molar-refractivity contribution in [2.75, 3.05) is 30.9 Å². The molecule has 0 unspecified atom stereocenters. The second-order valence-electron chi connectivity index (χ2n) is 5.00. The minimum absolute atomic E-state index is 0.000695. The molecular weight excluding hydrogens is 292 g/mol. The lowest BCUT2D eigenvalue weighted by molar-refractivity contribution is -0.118. The van der Waals surface area contributed by atoms with Crippen molar-refractivity contribution in [1.82, 2.24) is 0 Å². The number of methoxy groups -OCH3 is 1. The van der Waals surface area contributed by atoms with E-state index in [1.807, 2.05) is 36.4 Å². The molecule has 0 bridgehead atoms. The minimum Gasteiger partial charge on any atom is -0.465 e. The number of benzene rings is 2. The molecule has 0 aliphatic heterocycles. The van der Waals surface area contributed by atoms with Gasteiger partial charge in [-0.15, -0.1) is 0 Å². The van der Waals surface area contributed by atoms with E-state index in [1.165, 1.54) is 7.11 Å². The van der Waals surface area contributed by atoms with Crippen LogP contribution >= 0.6 is 0 Å². The molecule has 0 spiro atoms. The van der Waals surface area contributed by atoms with Crippen LogP contribution in [0.3, 0.4) is 0 Å². The lowest BCUT2D eigenvalue weighted by atomic mass is 10.1. The zero-order valence-corrected chi connectivity index (χ0v) is 13.3. The van der Waals surface area contributed by atoms with E-state index in [9.17, 15) is 9.59 Å². The average molecular weight is 312 g/mol. The summed E-state index contributed by atoms with van der Waals surface area (Å²) in [5, 5.41) is 3.12. The number of carbonyl (C=O) groups excluding carboxylic acids is 2. The van der Waals surface area contributed by atoms with Crippen LogP contribution in [0, 0.1) is 0 Å². The van der Waals surface area contributed by atoms with Crippen molar-refractivity contribution in [3.63, 3.8) is 0 Å². The maximum atomic E-state index is 12.2. The maximum Gasteiger partial charge on any atom is 0.339 e. The van der Waals surface area contributed by atoms with E-state index in [0.29, 0.717) is 24.2 Å². The molecule has 0 aliphatic carbocycles. The number of nitrogens with zero attached hydrogens (tertiary/aromatic N) is 1. The molecule has 23 heavy (non-hydrogen) atoms. The van der Waals surface area contributed by atoms with Gasteiger partial charge in [-0.25, -0.2) is 4.79 Å². The quantitative estimate of drug-likeness (QED) is 0.833. The summed E-state index contributed by atoms with van der Waals surface area (Å²) in [7, 11) is 3.09. The minimum atomic E-state index is -0.402. The van der Waals surface area contributed by atoms with Crippen molar-refractivity contribution < 1.29 is 14.3 Å². The molecule has 0 aliphatic rings. The molecule has 0 fully saturated rings. The van der Waals surface area contributed by atoms with Crippen molar-refractivity contribution in [2.24, 2.45) is 0 Å². The molecule has 1 amide bonds. The summed E-state index contributed by atoms with van der Waals surface area (Å²) in [4.78, 5) is 25.5. The number of hydrogen-bond acceptors (Lipinski definition) is 4. The molecular formula is C18H20N2O3. The van der Waals surface area contributed by atoms with Gasteiger partial charge in [-0.3, -0.25) is 4.79 Å². The van der Waals surface area contributed by atoms with E-state index in [0.717, 1.165) is 5.69 Å². The topological polar surface area (TPSA) is 58.6 Å². The Bertz CT molecular complexity index is 671. The van der Waals surface area contributed by atoms with E-state index < -0.39 is 5.97 Å². The molecule has 0 heterocycles. The van der Waals surface area contributed by atoms with E-state index >= 15 is 0 Å². The van der Waals surface area contributed by atoms with E-state index in [-0.39, 0.29) is 5.91 Å². The Morgan fingerprint density at radius 1 is 1.04 bits per heavy atom. The number of esters is 1. The summed E-state index contributed by atoms with van der Waals surface area (Å²) in [6.45, 7) is 0.435. The van der Waals surface area contributed by atoms with Gasteiger partial charge < -0.3 is 15.0 Å². The van der Waals surface area contributed by atoms with Crippen molar-refractivity contribution in [2.45, 2.75) is 6.42 Å². The monoisotopic (exact) mass is 312 g/mol. The van der Waals surface area contributed by atoms with Crippen LogP contribution in [0.25, 0.3) is 0 Å². The first-order valence-corrected chi connectivity index (χ1v) is 7.36. The van der Waals surface area contributed by atoms with Crippen LogP contribution in [0.4, 0.5) is 11.4 Å². The van der Waals surface area contributed by atoms with Gasteiger partial charge in [-0.1, -0.05) is 30.3 Å². The molecule has 120 valence electrons. The van der Waals surface area contributed by atoms with Crippen molar-refractivity contribution in [3.8, 4) is 0 Å². The van der Waals surface area contributed by atoms with Crippen LogP contribution in [0.15, 0.2) is 54.6 Å². The number of ether oxygens (including phenoxy) is 1. The Hall–Kier alpha value is -2.82. The third-order valence-corrected chi connectivity index (χ3v) is 3.50. The molecule has 5 nitrogen and oxygen atoms in total. The summed E-state index contributed by atoms with van der Waals surface area (Å²) >= 11 is 0. The summed E-state index contributed by atoms with van der Waals surface area (Å²) in [6.07, 6.45) is 0.320. The molecule has 5 heteroatoms. The van der Waals surface area contributed by atoms with Gasteiger partial charge in [0.2, 0.25) is 5.91 Å². The normalized spacial score (nSPS) is 10.0. The highest BCUT2D eigenvalue weighted by Gasteiger charge is 2.13. The summed E-state index contributed by atoms with van der Waals surface area (Å²) in [6, 6.07) is 16.5. The van der Waals surface area contributed by atoms with Crippen LogP contribution < -0.4 is 10.2 Å². The number of anilines is 2. The van der Waals surface area contributed by atoms with E-state index in [1.54, 1.807) is 30.1 Å². The first-order chi connectivity index (χ1) is 11.1. The molecule has 2 aromatic carbocycles. The Labute approximate surface area is 135 Å². The fraction of sp³-hybridized carbons (Fsp3) is 0.222. The van der Waals surface area contributed by atoms with E-state index in [2.05, 4.69) is 5.32 Å². The van der Waals surface area contributed by atoms with Gasteiger partial charge in [0.15, 0.2) is 0 Å². The lowest BCUT2D eigenvalue weighted by Crippen LogP contribution is -2.28. The van der Waals surface area contributed by atoms with Gasteiger partial charge in [0.25, 0.3) is 0 Å². The van der Waals surface area contributed by atoms with Crippen LogP contribution in [0.5, 0.6) is 0 Å². The van der Waals surface area contributed by atoms with Gasteiger partial charge in [0, 0.05) is 31.4 Å². The second kappa shape index (κ2) is 7.98. The predicted octanol–water partition coefficient (Wildman–Crippen LogP) is 2.94. The van der Waals surface area contributed by atoms with Gasteiger partial charge in [0.1, 0.15) is 0 Å². The van der Waals surface area contributed by atoms with Crippen LogP contribution in [-0.4, -0.2) is 32.6 Å². The number of hydrogen-bond donors (Lipinski definition) is 1. The standard InChI is InChI=1S/C18H20N2O3/c1-20(14-8-4-3-5-9-14)17(21)12-13-19-16-11-7-6-10-15(16)18(22)23-2/h3-11,19H,12-13H2,1-2H3. The largest absolute Gasteiger partial charge is 0.465 e. The smallest absolute Gasteiger partial charge is 0.339 e. The highest BCUT2D eigenvalue weighted by molar-refractivity contribution is 5.96. The highest BCUT2D eigenvalue weighted by atomic mass is 16.5. The fourth-order valence-corrected chi connectivity index (χ4v) is 2.19. The number of amides is 1. The number of para-hydroxylation sites is 2. The number of carbonyl (C=O) groups is 2. The lowest BCUT2D eigenvalue weighted by Gasteiger charge is -2.18. The third-order valence-electron chi connectivity index (χ3n) is 3.50. The second-order valence-corrected chi connectivity index (χ2v) is 5.00. The first-order valence-electron chi connectivity index (χ1n) is 7.36. The SMILES string of the molecule is COC(=O)c1ccccc1NCCC(=O)N(C)c1ccccc1. The predicted molar refractivity (Wildman–Crippen MR) is 90.7 cm³/mol. The Morgan fingerprint density at radius 2 is 1.70 bits per heavy atom.